The number of nitrogens with one attached hydrogen (secondary N) is 2. The average molecular weight is 342 g/mol. The minimum atomic E-state index is -3.46. The molecule has 2 atom stereocenters. The number of hydrogen-bond donors (Lipinski definition) is 2. The van der Waals surface area contributed by atoms with Crippen molar-refractivity contribution < 1.29 is 8.42 Å². The summed E-state index contributed by atoms with van der Waals surface area (Å²) in [5, 5.41) is 3.54. The van der Waals surface area contributed by atoms with E-state index in [1.165, 1.54) is 0 Å². The summed E-state index contributed by atoms with van der Waals surface area (Å²) in [5.74, 6) is 0. The highest BCUT2D eigenvalue weighted by atomic mass is 32.2. The molecule has 4 rings (SSSR count). The van der Waals surface area contributed by atoms with Crippen molar-refractivity contribution in [2.75, 3.05) is 0 Å². The predicted octanol–water partition coefficient (Wildman–Crippen LogP) is 2.91. The third kappa shape index (κ3) is 3.24. The zero-order chi connectivity index (χ0) is 16.6. The first kappa shape index (κ1) is 15.8. The van der Waals surface area contributed by atoms with Crippen LogP contribution in [0, 0.1) is 0 Å². The molecule has 5 heteroatoms. The summed E-state index contributed by atoms with van der Waals surface area (Å²) in [6, 6.07) is 18.1. The maximum Gasteiger partial charge on any atom is 0.240 e. The van der Waals surface area contributed by atoms with Gasteiger partial charge in [-0.15, -0.1) is 0 Å². The van der Waals surface area contributed by atoms with E-state index < -0.39 is 10.0 Å². The van der Waals surface area contributed by atoms with Gasteiger partial charge in [-0.1, -0.05) is 42.5 Å². The van der Waals surface area contributed by atoms with E-state index in [0.29, 0.717) is 17.0 Å². The molecule has 0 radical (unpaired) electrons. The summed E-state index contributed by atoms with van der Waals surface area (Å²) < 4.78 is 28.2. The van der Waals surface area contributed by atoms with Gasteiger partial charge in [-0.2, -0.15) is 0 Å². The van der Waals surface area contributed by atoms with Crippen molar-refractivity contribution >= 4 is 10.0 Å². The van der Waals surface area contributed by atoms with Crippen molar-refractivity contribution in [3.63, 3.8) is 0 Å². The SMILES string of the molecule is O=S(=O)(NC1CC2CCC(C1)N2)c1ccc(-c2ccccc2)cc1. The third-order valence-corrected chi connectivity index (χ3v) is 6.60. The molecule has 4 nitrogen and oxygen atoms in total. The van der Waals surface area contributed by atoms with Crippen LogP contribution in [0.3, 0.4) is 0 Å². The maximum atomic E-state index is 12.7. The first-order valence-electron chi connectivity index (χ1n) is 8.54. The lowest BCUT2D eigenvalue weighted by atomic mass is 10.0. The van der Waals surface area contributed by atoms with Crippen molar-refractivity contribution in [2.24, 2.45) is 0 Å². The summed E-state index contributed by atoms with van der Waals surface area (Å²) in [6.07, 6.45) is 4.10. The minimum Gasteiger partial charge on any atom is -0.311 e. The highest BCUT2D eigenvalue weighted by Crippen LogP contribution is 2.28. The normalized spacial score (nSPS) is 26.4. The van der Waals surface area contributed by atoms with Crippen molar-refractivity contribution in [2.45, 2.75) is 48.7 Å². The van der Waals surface area contributed by atoms with Gasteiger partial charge in [0.25, 0.3) is 0 Å². The van der Waals surface area contributed by atoms with Gasteiger partial charge >= 0.3 is 0 Å². The molecular formula is C19H22N2O2S. The van der Waals surface area contributed by atoms with Crippen LogP contribution in [0.4, 0.5) is 0 Å². The molecule has 0 aromatic heterocycles. The standard InChI is InChI=1S/C19H22N2O2S/c22-24(23,21-18-12-16-8-9-17(13-18)20-16)19-10-6-15(7-11-19)14-4-2-1-3-5-14/h1-7,10-11,16-18,20-21H,8-9,12-13H2. The molecule has 0 saturated carbocycles. The third-order valence-electron chi connectivity index (χ3n) is 5.07. The molecule has 126 valence electrons. The Hall–Kier alpha value is -1.69. The Balaban J connectivity index is 1.50. The molecular weight excluding hydrogens is 320 g/mol. The number of sulfonamides is 1. The molecule has 2 unspecified atom stereocenters. The van der Waals surface area contributed by atoms with Gasteiger partial charge in [0.05, 0.1) is 4.90 Å². The van der Waals surface area contributed by atoms with Crippen molar-refractivity contribution in [1.82, 2.24) is 10.0 Å². The summed E-state index contributed by atoms with van der Waals surface area (Å²) in [4.78, 5) is 0.341. The second-order valence-corrected chi connectivity index (χ2v) is 8.53. The Morgan fingerprint density at radius 1 is 0.833 bits per heavy atom. The molecule has 2 aliphatic rings. The molecule has 2 aromatic rings. The predicted molar refractivity (Wildman–Crippen MR) is 95.2 cm³/mol. The van der Waals surface area contributed by atoms with Crippen LogP contribution in [0.25, 0.3) is 11.1 Å². The molecule has 2 fully saturated rings. The van der Waals surface area contributed by atoms with Gasteiger partial charge in [0, 0.05) is 18.1 Å². The first-order valence-corrected chi connectivity index (χ1v) is 10.0. The van der Waals surface area contributed by atoms with Crippen molar-refractivity contribution in [3.05, 3.63) is 54.6 Å². The van der Waals surface area contributed by atoms with Crippen molar-refractivity contribution in [1.29, 1.82) is 0 Å². The van der Waals surface area contributed by atoms with Gasteiger partial charge in [0.15, 0.2) is 0 Å². The molecule has 0 aliphatic carbocycles. The van der Waals surface area contributed by atoms with Crippen LogP contribution in [0.2, 0.25) is 0 Å². The van der Waals surface area contributed by atoms with Gasteiger partial charge in [-0.3, -0.25) is 0 Å². The van der Waals surface area contributed by atoms with Crippen LogP contribution < -0.4 is 10.0 Å². The fourth-order valence-corrected chi connectivity index (χ4v) is 5.16. The topological polar surface area (TPSA) is 58.2 Å². The number of piperidine rings is 1. The van der Waals surface area contributed by atoms with Crippen LogP contribution >= 0.6 is 0 Å². The lowest BCUT2D eigenvalue weighted by Gasteiger charge is -2.29. The molecule has 2 aliphatic heterocycles. The lowest BCUT2D eigenvalue weighted by molar-refractivity contribution is 0.345. The van der Waals surface area contributed by atoms with Crippen LogP contribution in [-0.4, -0.2) is 26.5 Å². The number of rotatable bonds is 4. The quantitative estimate of drug-likeness (QED) is 0.898. The Labute approximate surface area is 143 Å². The number of benzene rings is 2. The molecule has 2 aromatic carbocycles. The zero-order valence-electron chi connectivity index (χ0n) is 13.5. The Morgan fingerprint density at radius 2 is 1.42 bits per heavy atom. The van der Waals surface area contributed by atoms with Crippen molar-refractivity contribution in [3.8, 4) is 11.1 Å². The van der Waals surface area contributed by atoms with E-state index >= 15 is 0 Å². The largest absolute Gasteiger partial charge is 0.311 e. The monoisotopic (exact) mass is 342 g/mol. The van der Waals surface area contributed by atoms with Crippen LogP contribution in [0.1, 0.15) is 25.7 Å². The molecule has 0 amide bonds. The minimum absolute atomic E-state index is 0.0440. The van der Waals surface area contributed by atoms with E-state index in [1.807, 2.05) is 42.5 Å². The van der Waals surface area contributed by atoms with E-state index in [9.17, 15) is 8.42 Å². The van der Waals surface area contributed by atoms with E-state index in [2.05, 4.69) is 10.0 Å². The zero-order valence-corrected chi connectivity index (χ0v) is 14.3. The second kappa shape index (κ2) is 6.31. The lowest BCUT2D eigenvalue weighted by Crippen LogP contribution is -2.47. The van der Waals surface area contributed by atoms with Gasteiger partial charge in [-0.05, 0) is 48.9 Å². The van der Waals surface area contributed by atoms with Gasteiger partial charge in [-0.25, -0.2) is 13.1 Å². The molecule has 2 saturated heterocycles. The van der Waals surface area contributed by atoms with Crippen LogP contribution in [-0.2, 0) is 10.0 Å². The van der Waals surface area contributed by atoms with E-state index in [1.54, 1.807) is 12.1 Å². The molecule has 2 heterocycles. The smallest absolute Gasteiger partial charge is 0.240 e. The number of fused-ring (bicyclic) bond motifs is 2. The Morgan fingerprint density at radius 3 is 2.04 bits per heavy atom. The first-order chi connectivity index (χ1) is 11.6. The second-order valence-electron chi connectivity index (χ2n) is 6.82. The summed E-state index contributed by atoms with van der Waals surface area (Å²) in [5.41, 5.74) is 2.11. The van der Waals surface area contributed by atoms with Crippen LogP contribution in [0.5, 0.6) is 0 Å². The maximum absolute atomic E-state index is 12.7. The summed E-state index contributed by atoms with van der Waals surface area (Å²) in [7, 11) is -3.46. The van der Waals surface area contributed by atoms with Gasteiger partial charge < -0.3 is 5.32 Å². The summed E-state index contributed by atoms with van der Waals surface area (Å²) in [6.45, 7) is 0. The van der Waals surface area contributed by atoms with E-state index in [0.717, 1.165) is 36.8 Å². The summed E-state index contributed by atoms with van der Waals surface area (Å²) >= 11 is 0. The molecule has 2 bridgehead atoms. The fraction of sp³-hybridized carbons (Fsp3) is 0.368. The Kier molecular flexibility index (Phi) is 4.16. The average Bonchev–Trinajstić information content (AvgIpc) is 2.94. The van der Waals surface area contributed by atoms with Gasteiger partial charge in [0.1, 0.15) is 0 Å². The van der Waals surface area contributed by atoms with E-state index in [4.69, 9.17) is 0 Å². The fourth-order valence-electron chi connectivity index (χ4n) is 3.90. The van der Waals surface area contributed by atoms with E-state index in [-0.39, 0.29) is 6.04 Å². The Bertz CT molecular complexity index is 791. The van der Waals surface area contributed by atoms with Gasteiger partial charge in [0.2, 0.25) is 10.0 Å². The molecule has 0 spiro atoms. The number of hydrogen-bond acceptors (Lipinski definition) is 3. The molecule has 2 N–H and O–H groups in total. The highest BCUT2D eigenvalue weighted by Gasteiger charge is 2.35. The molecule has 24 heavy (non-hydrogen) atoms. The highest BCUT2D eigenvalue weighted by molar-refractivity contribution is 7.89. The van der Waals surface area contributed by atoms with Crippen LogP contribution in [0.15, 0.2) is 59.5 Å².